The van der Waals surface area contributed by atoms with Gasteiger partial charge in [-0.2, -0.15) is 18.3 Å². The number of nitrogens with zero attached hydrogens (tertiary/aromatic N) is 2. The van der Waals surface area contributed by atoms with Crippen molar-refractivity contribution in [2.24, 2.45) is 0 Å². The van der Waals surface area contributed by atoms with Gasteiger partial charge in [-0.25, -0.2) is 13.9 Å². The number of nitrogens with two attached hydrogens (primary N) is 1. The molecule has 1 aromatic heterocycles. The highest BCUT2D eigenvalue weighted by Gasteiger charge is 2.30. The average Bonchev–Trinajstić information content (AvgIpc) is 3.14. The third-order valence-corrected chi connectivity index (χ3v) is 4.99. The van der Waals surface area contributed by atoms with E-state index in [9.17, 15) is 22.4 Å². The summed E-state index contributed by atoms with van der Waals surface area (Å²) in [5.74, 6) is -0.329. The van der Waals surface area contributed by atoms with Gasteiger partial charge in [0.05, 0.1) is 11.3 Å². The van der Waals surface area contributed by atoms with E-state index in [4.69, 9.17) is 5.73 Å². The molecule has 4 rings (SSSR count). The van der Waals surface area contributed by atoms with Crippen LogP contribution in [0.5, 0.6) is 0 Å². The molecule has 0 atom stereocenters. The minimum atomic E-state index is -4.48. The first kappa shape index (κ1) is 22.8. The van der Waals surface area contributed by atoms with Crippen LogP contribution in [-0.2, 0) is 12.7 Å². The number of halogens is 4. The lowest BCUT2D eigenvalue weighted by molar-refractivity contribution is -0.137. The molecule has 34 heavy (non-hydrogen) atoms. The van der Waals surface area contributed by atoms with Crippen molar-refractivity contribution in [1.29, 1.82) is 0 Å². The van der Waals surface area contributed by atoms with Gasteiger partial charge in [-0.05, 0) is 42.0 Å². The fraction of sp³-hybridized carbons (Fsp3) is 0.0833. The quantitative estimate of drug-likeness (QED) is 0.333. The molecular formula is C24H19F4N5O. The van der Waals surface area contributed by atoms with E-state index >= 15 is 0 Å². The molecule has 1 heterocycles. The largest absolute Gasteiger partial charge is 0.416 e. The van der Waals surface area contributed by atoms with E-state index in [2.05, 4.69) is 15.7 Å². The zero-order valence-corrected chi connectivity index (χ0v) is 17.6. The van der Waals surface area contributed by atoms with Crippen molar-refractivity contribution in [3.63, 3.8) is 0 Å². The number of aromatic nitrogens is 2. The Morgan fingerprint density at radius 2 is 1.68 bits per heavy atom. The van der Waals surface area contributed by atoms with Crippen molar-refractivity contribution in [1.82, 2.24) is 15.1 Å². The standard InChI is InChI=1S/C24H19F4N5O/c25-18-9-11-19(12-10-18)33-22(29)21(20(32-33)16-6-2-1-3-7-16)31-23(34)30-14-15-5-4-8-17(13-15)24(26,27)28/h1-13H,14,29H2,(H2,30,31,34). The van der Waals surface area contributed by atoms with Gasteiger partial charge >= 0.3 is 12.2 Å². The summed E-state index contributed by atoms with van der Waals surface area (Å²) in [6, 6.07) is 18.5. The highest BCUT2D eigenvalue weighted by atomic mass is 19.4. The normalized spacial score (nSPS) is 11.3. The number of nitrogens with one attached hydrogen (secondary N) is 2. The highest BCUT2D eigenvalue weighted by molar-refractivity contribution is 5.97. The Kier molecular flexibility index (Phi) is 6.22. The smallest absolute Gasteiger partial charge is 0.382 e. The maximum Gasteiger partial charge on any atom is 0.416 e. The van der Waals surface area contributed by atoms with E-state index < -0.39 is 23.6 Å². The topological polar surface area (TPSA) is 85.0 Å². The second-order valence-electron chi connectivity index (χ2n) is 7.37. The van der Waals surface area contributed by atoms with Crippen molar-refractivity contribution in [3.05, 3.63) is 95.8 Å². The van der Waals surface area contributed by atoms with Crippen molar-refractivity contribution < 1.29 is 22.4 Å². The van der Waals surface area contributed by atoms with Gasteiger partial charge < -0.3 is 16.4 Å². The van der Waals surface area contributed by atoms with Gasteiger partial charge in [-0.3, -0.25) is 0 Å². The second-order valence-corrected chi connectivity index (χ2v) is 7.37. The molecule has 0 fully saturated rings. The van der Waals surface area contributed by atoms with Crippen LogP contribution >= 0.6 is 0 Å². The molecule has 0 spiro atoms. The first-order valence-corrected chi connectivity index (χ1v) is 10.1. The van der Waals surface area contributed by atoms with Gasteiger partial charge in [-0.15, -0.1) is 0 Å². The van der Waals surface area contributed by atoms with Crippen molar-refractivity contribution in [2.45, 2.75) is 12.7 Å². The Morgan fingerprint density at radius 3 is 2.35 bits per heavy atom. The van der Waals surface area contributed by atoms with Crippen LogP contribution in [0.4, 0.5) is 33.9 Å². The minimum absolute atomic E-state index is 0.0969. The molecule has 4 N–H and O–H groups in total. The van der Waals surface area contributed by atoms with E-state index in [1.165, 1.54) is 41.1 Å². The molecule has 0 aliphatic heterocycles. The third kappa shape index (κ3) is 5.01. The molecule has 3 aromatic carbocycles. The van der Waals surface area contributed by atoms with Gasteiger partial charge in [0.1, 0.15) is 17.2 Å². The van der Waals surface area contributed by atoms with Gasteiger partial charge in [0, 0.05) is 12.1 Å². The Balaban J connectivity index is 1.59. The predicted octanol–water partition coefficient (Wildman–Crippen LogP) is 5.60. The Morgan fingerprint density at radius 1 is 0.971 bits per heavy atom. The molecule has 0 aliphatic rings. The van der Waals surface area contributed by atoms with Crippen molar-refractivity contribution in [3.8, 4) is 16.9 Å². The number of hydrogen-bond donors (Lipinski definition) is 3. The van der Waals surface area contributed by atoms with Crippen LogP contribution in [0.15, 0.2) is 78.9 Å². The summed E-state index contributed by atoms with van der Waals surface area (Å²) in [5, 5.41) is 9.66. The molecule has 4 aromatic rings. The maximum atomic E-state index is 13.4. The number of urea groups is 1. The van der Waals surface area contributed by atoms with E-state index in [1.807, 2.05) is 6.07 Å². The number of carbonyl (C=O) groups is 1. The summed E-state index contributed by atoms with van der Waals surface area (Å²) in [6.45, 7) is -0.136. The highest BCUT2D eigenvalue weighted by Crippen LogP contribution is 2.34. The molecule has 0 saturated carbocycles. The Labute approximate surface area is 192 Å². The van der Waals surface area contributed by atoms with Crippen molar-refractivity contribution in [2.75, 3.05) is 11.1 Å². The number of hydrogen-bond acceptors (Lipinski definition) is 3. The van der Waals surface area contributed by atoms with Crippen LogP contribution in [0.3, 0.4) is 0 Å². The van der Waals surface area contributed by atoms with Gasteiger partial charge in [0.2, 0.25) is 0 Å². The van der Waals surface area contributed by atoms with Crippen LogP contribution in [0.1, 0.15) is 11.1 Å². The van der Waals surface area contributed by atoms with Crippen LogP contribution in [0, 0.1) is 5.82 Å². The minimum Gasteiger partial charge on any atom is -0.382 e. The number of benzene rings is 3. The van der Waals surface area contributed by atoms with Crippen LogP contribution in [0.2, 0.25) is 0 Å². The van der Waals surface area contributed by atoms with Crippen molar-refractivity contribution >= 4 is 17.5 Å². The molecule has 2 amide bonds. The molecular weight excluding hydrogens is 450 g/mol. The summed E-state index contributed by atoms with van der Waals surface area (Å²) in [6.07, 6.45) is -4.48. The zero-order chi connectivity index (χ0) is 24.3. The number of carbonyl (C=O) groups excluding carboxylic acids is 1. The lowest BCUT2D eigenvalue weighted by atomic mass is 10.1. The van der Waals surface area contributed by atoms with Crippen LogP contribution in [-0.4, -0.2) is 15.8 Å². The zero-order valence-electron chi connectivity index (χ0n) is 17.6. The summed E-state index contributed by atoms with van der Waals surface area (Å²) in [5.41, 5.74) is 7.48. The number of anilines is 2. The molecule has 0 bridgehead atoms. The predicted molar refractivity (Wildman–Crippen MR) is 121 cm³/mol. The molecule has 0 radical (unpaired) electrons. The second kappa shape index (κ2) is 9.26. The molecule has 0 saturated heterocycles. The number of alkyl halides is 3. The summed E-state index contributed by atoms with van der Waals surface area (Å²) < 4.78 is 53.5. The Hall–Kier alpha value is -4.34. The first-order chi connectivity index (χ1) is 16.2. The Bertz CT molecular complexity index is 1300. The molecule has 6 nitrogen and oxygen atoms in total. The summed E-state index contributed by atoms with van der Waals surface area (Å²) >= 11 is 0. The van der Waals surface area contributed by atoms with E-state index in [0.717, 1.165) is 12.1 Å². The van der Waals surface area contributed by atoms with Crippen LogP contribution in [0.25, 0.3) is 16.9 Å². The third-order valence-electron chi connectivity index (χ3n) is 4.99. The molecule has 0 aliphatic carbocycles. The number of amides is 2. The molecule has 10 heteroatoms. The number of rotatable bonds is 5. The monoisotopic (exact) mass is 469 g/mol. The average molecular weight is 469 g/mol. The van der Waals surface area contributed by atoms with E-state index in [-0.39, 0.29) is 23.6 Å². The van der Waals surface area contributed by atoms with Crippen LogP contribution < -0.4 is 16.4 Å². The van der Waals surface area contributed by atoms with Gasteiger partial charge in [0.25, 0.3) is 0 Å². The fourth-order valence-electron chi connectivity index (χ4n) is 3.33. The SMILES string of the molecule is Nc1c(NC(=O)NCc2cccc(C(F)(F)F)c2)c(-c2ccccc2)nn1-c1ccc(F)cc1. The fourth-order valence-corrected chi connectivity index (χ4v) is 3.33. The first-order valence-electron chi connectivity index (χ1n) is 10.1. The van der Waals surface area contributed by atoms with Gasteiger partial charge in [0.15, 0.2) is 5.82 Å². The molecule has 0 unspecified atom stereocenters. The summed E-state index contributed by atoms with van der Waals surface area (Å²) in [7, 11) is 0. The maximum absolute atomic E-state index is 13.4. The van der Waals surface area contributed by atoms with E-state index in [1.54, 1.807) is 24.3 Å². The lowest BCUT2D eigenvalue weighted by Crippen LogP contribution is -2.28. The van der Waals surface area contributed by atoms with Gasteiger partial charge in [-0.1, -0.05) is 42.5 Å². The van der Waals surface area contributed by atoms with E-state index in [0.29, 0.717) is 16.9 Å². The number of nitrogen functional groups attached to an aromatic ring is 1. The molecule has 174 valence electrons. The summed E-state index contributed by atoms with van der Waals surface area (Å²) in [4.78, 5) is 12.6. The lowest BCUT2D eigenvalue weighted by Gasteiger charge is -2.11.